The Kier molecular flexibility index (Phi) is 9.06. The summed E-state index contributed by atoms with van der Waals surface area (Å²) in [6, 6.07) is 7.25. The van der Waals surface area contributed by atoms with Crippen molar-refractivity contribution in [2.75, 3.05) is 6.54 Å². The standard InChI is InChI=1S/C26H33N5O3S/c1-16(2)23(17(3)28-11-10-27-5)26(34)31-14-21(32)12-22(31)25(33)29-13-19-6-8-20(9-7-19)24-18(4)30-15-35-24/h6-11,15-16,21-23,32H,5,12-14H2,1-4H3,(H,29,33)/b11-10-,28-17+/t21-,22+,23-/m1/s1. The maximum absolute atomic E-state index is 13.5. The zero-order chi connectivity index (χ0) is 25.5. The lowest BCUT2D eigenvalue weighted by molar-refractivity contribution is -0.141. The molecule has 1 aliphatic rings. The number of carbonyl (C=O) groups is 2. The summed E-state index contributed by atoms with van der Waals surface area (Å²) in [6.07, 6.45) is 2.41. The summed E-state index contributed by atoms with van der Waals surface area (Å²) in [7, 11) is 0. The lowest BCUT2D eigenvalue weighted by atomic mass is 9.89. The Morgan fingerprint density at radius 3 is 2.63 bits per heavy atom. The maximum Gasteiger partial charge on any atom is 0.243 e. The molecule has 2 aromatic rings. The lowest BCUT2D eigenvalue weighted by Crippen LogP contribution is -2.49. The van der Waals surface area contributed by atoms with E-state index in [2.05, 4.69) is 27.0 Å². The summed E-state index contributed by atoms with van der Waals surface area (Å²) < 4.78 is 0. The predicted molar refractivity (Wildman–Crippen MR) is 140 cm³/mol. The normalized spacial score (nSPS) is 19.4. The number of nitrogens with one attached hydrogen (secondary N) is 1. The van der Waals surface area contributed by atoms with E-state index in [0.29, 0.717) is 12.3 Å². The number of carbonyl (C=O) groups excluding carboxylic acids is 2. The number of aliphatic imine (C=N–C) groups is 2. The van der Waals surface area contributed by atoms with Crippen LogP contribution in [-0.4, -0.2) is 57.9 Å². The van der Waals surface area contributed by atoms with Gasteiger partial charge in [-0.3, -0.25) is 19.6 Å². The maximum atomic E-state index is 13.5. The minimum atomic E-state index is -0.744. The van der Waals surface area contributed by atoms with Crippen molar-refractivity contribution < 1.29 is 14.7 Å². The number of likely N-dealkylation sites (tertiary alicyclic amines) is 1. The summed E-state index contributed by atoms with van der Waals surface area (Å²) in [6.45, 7) is 11.5. The number of aromatic nitrogens is 1. The number of aliphatic hydroxyl groups is 1. The van der Waals surface area contributed by atoms with Crippen LogP contribution in [0.5, 0.6) is 0 Å². The zero-order valence-electron chi connectivity index (χ0n) is 20.6. The molecule has 0 aliphatic carbocycles. The molecule has 3 rings (SSSR count). The van der Waals surface area contributed by atoms with Crippen molar-refractivity contribution in [1.82, 2.24) is 15.2 Å². The molecule has 2 heterocycles. The van der Waals surface area contributed by atoms with Crippen LogP contribution in [0.25, 0.3) is 10.4 Å². The Hall–Kier alpha value is -3.17. The smallest absolute Gasteiger partial charge is 0.243 e. The van der Waals surface area contributed by atoms with Gasteiger partial charge in [-0.1, -0.05) is 38.1 Å². The van der Waals surface area contributed by atoms with Gasteiger partial charge < -0.3 is 15.3 Å². The Morgan fingerprint density at radius 1 is 1.31 bits per heavy atom. The third kappa shape index (κ3) is 6.49. The van der Waals surface area contributed by atoms with Crippen LogP contribution < -0.4 is 5.32 Å². The summed E-state index contributed by atoms with van der Waals surface area (Å²) in [4.78, 5) is 41.4. The molecular formula is C26H33N5O3S. The predicted octanol–water partition coefficient (Wildman–Crippen LogP) is 3.60. The van der Waals surface area contributed by atoms with E-state index < -0.39 is 18.1 Å². The van der Waals surface area contributed by atoms with Gasteiger partial charge in [0.05, 0.1) is 28.1 Å². The van der Waals surface area contributed by atoms with E-state index in [1.807, 2.05) is 50.5 Å². The number of nitrogens with zero attached hydrogens (tertiary/aromatic N) is 4. The second-order valence-electron chi connectivity index (χ2n) is 9.05. The van der Waals surface area contributed by atoms with Crippen LogP contribution in [0, 0.1) is 18.8 Å². The molecule has 3 atom stereocenters. The molecule has 0 bridgehead atoms. The minimum absolute atomic E-state index is 0.0292. The number of benzene rings is 1. The Morgan fingerprint density at radius 2 is 2.03 bits per heavy atom. The number of aliphatic hydroxyl groups excluding tert-OH is 1. The second kappa shape index (κ2) is 12.0. The van der Waals surface area contributed by atoms with Gasteiger partial charge in [-0.15, -0.1) is 11.3 Å². The molecule has 9 heteroatoms. The van der Waals surface area contributed by atoms with E-state index in [9.17, 15) is 14.7 Å². The zero-order valence-corrected chi connectivity index (χ0v) is 21.5. The van der Waals surface area contributed by atoms with Crippen molar-refractivity contribution in [1.29, 1.82) is 0 Å². The molecule has 0 saturated carbocycles. The first kappa shape index (κ1) is 26.4. The summed E-state index contributed by atoms with van der Waals surface area (Å²) in [5.41, 5.74) is 5.49. The van der Waals surface area contributed by atoms with Crippen LogP contribution >= 0.6 is 11.3 Å². The van der Waals surface area contributed by atoms with Gasteiger partial charge >= 0.3 is 0 Å². The monoisotopic (exact) mass is 495 g/mol. The number of hydrogen-bond donors (Lipinski definition) is 2. The molecule has 1 aliphatic heterocycles. The number of rotatable bonds is 9. The molecule has 35 heavy (non-hydrogen) atoms. The van der Waals surface area contributed by atoms with E-state index >= 15 is 0 Å². The van der Waals surface area contributed by atoms with Crippen molar-refractivity contribution in [3.05, 3.63) is 53.4 Å². The van der Waals surface area contributed by atoms with Crippen molar-refractivity contribution in [3.8, 4) is 10.4 Å². The molecule has 2 amide bonds. The number of amides is 2. The fraction of sp³-hybridized carbons (Fsp3) is 0.423. The van der Waals surface area contributed by atoms with E-state index in [-0.39, 0.29) is 30.7 Å². The van der Waals surface area contributed by atoms with Crippen molar-refractivity contribution in [2.45, 2.75) is 52.8 Å². The molecule has 8 nitrogen and oxygen atoms in total. The third-order valence-corrected chi connectivity index (χ3v) is 7.10. The average molecular weight is 496 g/mol. The topological polar surface area (TPSA) is 107 Å². The Balaban J connectivity index is 1.68. The fourth-order valence-electron chi connectivity index (χ4n) is 4.37. The van der Waals surface area contributed by atoms with Gasteiger partial charge in [0.1, 0.15) is 6.04 Å². The van der Waals surface area contributed by atoms with Crippen molar-refractivity contribution in [3.63, 3.8) is 0 Å². The van der Waals surface area contributed by atoms with Crippen molar-refractivity contribution in [2.24, 2.45) is 21.8 Å². The highest BCUT2D eigenvalue weighted by atomic mass is 32.1. The Labute approximate surface area is 210 Å². The van der Waals surface area contributed by atoms with E-state index in [4.69, 9.17) is 0 Å². The lowest BCUT2D eigenvalue weighted by Gasteiger charge is -2.29. The molecular weight excluding hydrogens is 462 g/mol. The SMILES string of the molecule is C=N/C=C\N=C(/C)[C@H](C(=O)N1C[C@H](O)C[C@H]1C(=O)NCc1ccc(-c2scnc2C)cc1)C(C)C. The first-order valence-corrected chi connectivity index (χ1v) is 12.5. The molecule has 1 saturated heterocycles. The molecule has 1 aromatic heterocycles. The highest BCUT2D eigenvalue weighted by molar-refractivity contribution is 7.13. The first-order valence-electron chi connectivity index (χ1n) is 11.6. The number of hydrogen-bond acceptors (Lipinski definition) is 7. The molecule has 0 spiro atoms. The van der Waals surface area contributed by atoms with Gasteiger partial charge in [-0.05, 0) is 37.6 Å². The van der Waals surface area contributed by atoms with Gasteiger partial charge in [0.15, 0.2) is 0 Å². The third-order valence-electron chi connectivity index (χ3n) is 6.13. The Bertz CT molecular complexity index is 1110. The number of thiazole rings is 1. The average Bonchev–Trinajstić information content (AvgIpc) is 3.43. The van der Waals surface area contributed by atoms with Gasteiger partial charge in [-0.25, -0.2) is 4.98 Å². The van der Waals surface area contributed by atoms with Crippen LogP contribution in [-0.2, 0) is 16.1 Å². The van der Waals surface area contributed by atoms with Gasteiger partial charge in [0, 0.05) is 37.6 Å². The summed E-state index contributed by atoms with van der Waals surface area (Å²) in [5.74, 6) is -1.02. The van der Waals surface area contributed by atoms with Crippen LogP contribution in [0.3, 0.4) is 0 Å². The summed E-state index contributed by atoms with van der Waals surface area (Å²) >= 11 is 1.60. The number of aryl methyl sites for hydroxylation is 1. The second-order valence-corrected chi connectivity index (χ2v) is 9.91. The molecule has 1 fully saturated rings. The van der Waals surface area contributed by atoms with Gasteiger partial charge in [0.2, 0.25) is 11.8 Å². The highest BCUT2D eigenvalue weighted by Crippen LogP contribution is 2.28. The van der Waals surface area contributed by atoms with Crippen LogP contribution in [0.2, 0.25) is 0 Å². The van der Waals surface area contributed by atoms with Crippen LogP contribution in [0.15, 0.2) is 52.2 Å². The molecule has 1 aromatic carbocycles. The van der Waals surface area contributed by atoms with Crippen molar-refractivity contribution >= 4 is 35.6 Å². The fourth-order valence-corrected chi connectivity index (χ4v) is 5.18. The molecule has 0 radical (unpaired) electrons. The summed E-state index contributed by atoms with van der Waals surface area (Å²) in [5, 5.41) is 13.2. The highest BCUT2D eigenvalue weighted by Gasteiger charge is 2.42. The van der Waals surface area contributed by atoms with Gasteiger partial charge in [0.25, 0.3) is 0 Å². The van der Waals surface area contributed by atoms with E-state index in [0.717, 1.165) is 21.7 Å². The number of β-amino-alcohol motifs (C(OH)–C–C–N with tert-alkyl or cyclic N) is 1. The molecule has 186 valence electrons. The minimum Gasteiger partial charge on any atom is -0.391 e. The van der Waals surface area contributed by atoms with Gasteiger partial charge in [-0.2, -0.15) is 0 Å². The van der Waals surface area contributed by atoms with Crippen LogP contribution in [0.1, 0.15) is 38.4 Å². The van der Waals surface area contributed by atoms with E-state index in [1.54, 1.807) is 18.3 Å². The first-order chi connectivity index (χ1) is 16.7. The van der Waals surface area contributed by atoms with Crippen LogP contribution in [0.4, 0.5) is 0 Å². The molecule has 2 N–H and O–H groups in total. The largest absolute Gasteiger partial charge is 0.391 e. The van der Waals surface area contributed by atoms with E-state index in [1.165, 1.54) is 17.3 Å². The molecule has 0 unspecified atom stereocenters. The quantitative estimate of drug-likeness (QED) is 0.518.